The topological polar surface area (TPSA) is 44.0 Å². The summed E-state index contributed by atoms with van der Waals surface area (Å²) in [5, 5.41) is 7.96. The molecule has 1 N–H and O–H groups in total. The summed E-state index contributed by atoms with van der Waals surface area (Å²) in [6, 6.07) is 6.71. The van der Waals surface area contributed by atoms with Gasteiger partial charge in [-0.15, -0.1) is 0 Å². The smallest absolute Gasteiger partial charge is 0.0821 e. The van der Waals surface area contributed by atoms with Crippen LogP contribution >= 0.6 is 0 Å². The van der Waals surface area contributed by atoms with Gasteiger partial charge in [0, 0.05) is 44.3 Å². The van der Waals surface area contributed by atoms with Crippen molar-refractivity contribution < 1.29 is 4.74 Å². The van der Waals surface area contributed by atoms with Crippen molar-refractivity contribution in [3.63, 3.8) is 0 Å². The van der Waals surface area contributed by atoms with Crippen LogP contribution in [0.5, 0.6) is 0 Å². The number of hydrogen-bond donors (Lipinski definition) is 1. The van der Waals surface area contributed by atoms with Gasteiger partial charge in [0.2, 0.25) is 0 Å². The molecule has 5 heteroatoms. The maximum Gasteiger partial charge on any atom is 0.0821 e. The molecule has 0 atom stereocenters. The molecule has 0 aliphatic rings. The minimum Gasteiger partial charge on any atom is -0.383 e. The molecule has 0 spiro atoms. The zero-order valence-electron chi connectivity index (χ0n) is 12.5. The van der Waals surface area contributed by atoms with E-state index < -0.39 is 0 Å². The lowest BCUT2D eigenvalue weighted by atomic mass is 10.4. The van der Waals surface area contributed by atoms with Crippen LogP contribution in [0.3, 0.4) is 0 Å². The van der Waals surface area contributed by atoms with Crippen molar-refractivity contribution in [2.75, 3.05) is 20.3 Å². The van der Waals surface area contributed by atoms with Crippen molar-refractivity contribution in [2.45, 2.75) is 33.0 Å². The van der Waals surface area contributed by atoms with E-state index in [1.165, 1.54) is 5.69 Å². The number of nitrogens with one attached hydrogen (secondary N) is 1. The Bertz CT molecular complexity index is 515. The Kier molecular flexibility index (Phi) is 5.38. The molecule has 0 aromatic carbocycles. The maximum atomic E-state index is 5.03. The Morgan fingerprint density at radius 1 is 1.30 bits per heavy atom. The van der Waals surface area contributed by atoms with E-state index in [1.807, 2.05) is 10.9 Å². The van der Waals surface area contributed by atoms with Crippen molar-refractivity contribution in [1.29, 1.82) is 0 Å². The van der Waals surface area contributed by atoms with E-state index in [4.69, 9.17) is 4.74 Å². The summed E-state index contributed by atoms with van der Waals surface area (Å²) in [7, 11) is 1.72. The Balaban J connectivity index is 1.93. The number of rotatable bonds is 8. The van der Waals surface area contributed by atoms with Gasteiger partial charge >= 0.3 is 0 Å². The molecule has 0 bridgehead atoms. The van der Waals surface area contributed by atoms with E-state index in [0.29, 0.717) is 6.04 Å². The minimum absolute atomic E-state index is 0.406. The summed E-state index contributed by atoms with van der Waals surface area (Å²) in [4.78, 5) is 0. The number of hydrogen-bond acceptors (Lipinski definition) is 3. The fourth-order valence-corrected chi connectivity index (χ4v) is 2.08. The highest BCUT2D eigenvalue weighted by molar-refractivity contribution is 5.10. The molecule has 0 aliphatic heterocycles. The molecule has 110 valence electrons. The summed E-state index contributed by atoms with van der Waals surface area (Å²) in [6.07, 6.45) is 4.14. The van der Waals surface area contributed by atoms with Crippen LogP contribution in [0.4, 0.5) is 0 Å². The van der Waals surface area contributed by atoms with Gasteiger partial charge in [0.25, 0.3) is 0 Å². The summed E-state index contributed by atoms with van der Waals surface area (Å²) in [6.45, 7) is 7.54. The Labute approximate surface area is 120 Å². The third-order valence-corrected chi connectivity index (χ3v) is 3.24. The van der Waals surface area contributed by atoms with E-state index in [0.717, 1.165) is 31.9 Å². The molecule has 0 unspecified atom stereocenters. The van der Waals surface area contributed by atoms with Crippen molar-refractivity contribution in [2.24, 2.45) is 0 Å². The minimum atomic E-state index is 0.406. The highest BCUT2D eigenvalue weighted by Gasteiger charge is 2.05. The van der Waals surface area contributed by atoms with Crippen LogP contribution in [0.1, 0.15) is 31.3 Å². The summed E-state index contributed by atoms with van der Waals surface area (Å²) in [5.74, 6) is 0. The van der Waals surface area contributed by atoms with Gasteiger partial charge in [-0.2, -0.15) is 5.10 Å². The fraction of sp³-hybridized carbons (Fsp3) is 0.533. The third-order valence-electron chi connectivity index (χ3n) is 3.24. The van der Waals surface area contributed by atoms with Crippen LogP contribution in [0.25, 0.3) is 0 Å². The highest BCUT2D eigenvalue weighted by Crippen LogP contribution is 2.09. The molecule has 2 aromatic rings. The molecule has 5 nitrogen and oxygen atoms in total. The van der Waals surface area contributed by atoms with E-state index in [-0.39, 0.29) is 0 Å². The monoisotopic (exact) mass is 276 g/mol. The molecule has 2 heterocycles. The molecule has 0 aliphatic carbocycles. The first-order chi connectivity index (χ1) is 9.70. The second kappa shape index (κ2) is 7.26. The Hall–Kier alpha value is -1.59. The first-order valence-corrected chi connectivity index (χ1v) is 7.08. The van der Waals surface area contributed by atoms with E-state index in [2.05, 4.69) is 53.2 Å². The lowest BCUT2D eigenvalue weighted by Crippen LogP contribution is -2.20. The maximum absolute atomic E-state index is 5.03. The molecule has 0 amide bonds. The first kappa shape index (κ1) is 14.8. The van der Waals surface area contributed by atoms with Gasteiger partial charge in [0.05, 0.1) is 18.8 Å². The van der Waals surface area contributed by atoms with Crippen molar-refractivity contribution >= 4 is 0 Å². The van der Waals surface area contributed by atoms with Gasteiger partial charge in [0.15, 0.2) is 0 Å². The molecule has 20 heavy (non-hydrogen) atoms. The molecular weight excluding hydrogens is 252 g/mol. The lowest BCUT2D eigenvalue weighted by molar-refractivity contribution is 0.199. The number of nitrogens with zero attached hydrogens (tertiary/aromatic N) is 3. The molecule has 2 rings (SSSR count). The molecule has 0 saturated carbocycles. The standard InChI is InChI=1S/C15H24N4O/c1-13(2)19-9-6-14(17-19)12-18-8-4-5-15(18)11-16-7-10-20-3/h4-6,8-9,13,16H,7,10-12H2,1-3H3. The SMILES string of the molecule is COCCNCc1cccn1Cc1ccn(C(C)C)n1. The average molecular weight is 276 g/mol. The van der Waals surface area contributed by atoms with Crippen LogP contribution in [0.2, 0.25) is 0 Å². The lowest BCUT2D eigenvalue weighted by Gasteiger charge is -2.09. The summed E-state index contributed by atoms with van der Waals surface area (Å²) < 4.78 is 9.25. The second-order valence-corrected chi connectivity index (χ2v) is 5.18. The van der Waals surface area contributed by atoms with Crippen LogP contribution in [0.15, 0.2) is 30.6 Å². The number of ether oxygens (including phenoxy) is 1. The quantitative estimate of drug-likeness (QED) is 0.751. The van der Waals surface area contributed by atoms with Crippen molar-refractivity contribution in [3.05, 3.63) is 42.0 Å². The molecule has 0 radical (unpaired) electrons. The third kappa shape index (κ3) is 3.95. The van der Waals surface area contributed by atoms with Crippen LogP contribution in [-0.4, -0.2) is 34.6 Å². The first-order valence-electron chi connectivity index (χ1n) is 7.08. The van der Waals surface area contributed by atoms with Gasteiger partial charge in [-0.05, 0) is 32.0 Å². The fourth-order valence-electron chi connectivity index (χ4n) is 2.08. The zero-order valence-corrected chi connectivity index (χ0v) is 12.5. The summed E-state index contributed by atoms with van der Waals surface area (Å²) in [5.41, 5.74) is 2.35. The zero-order chi connectivity index (χ0) is 14.4. The Morgan fingerprint density at radius 2 is 2.15 bits per heavy atom. The van der Waals surface area contributed by atoms with Crippen LogP contribution in [0, 0.1) is 0 Å². The van der Waals surface area contributed by atoms with Crippen LogP contribution < -0.4 is 5.32 Å². The van der Waals surface area contributed by atoms with Gasteiger partial charge in [-0.1, -0.05) is 0 Å². The van der Waals surface area contributed by atoms with E-state index >= 15 is 0 Å². The average Bonchev–Trinajstić information content (AvgIpc) is 3.05. The molecule has 0 saturated heterocycles. The highest BCUT2D eigenvalue weighted by atomic mass is 16.5. The number of methoxy groups -OCH3 is 1. The summed E-state index contributed by atoms with van der Waals surface area (Å²) >= 11 is 0. The largest absolute Gasteiger partial charge is 0.383 e. The molecule has 0 fully saturated rings. The predicted octanol–water partition coefficient (Wildman–Crippen LogP) is 2.05. The van der Waals surface area contributed by atoms with Crippen LogP contribution in [-0.2, 0) is 17.8 Å². The predicted molar refractivity (Wildman–Crippen MR) is 79.7 cm³/mol. The van der Waals surface area contributed by atoms with Gasteiger partial charge in [0.1, 0.15) is 0 Å². The normalized spacial score (nSPS) is 11.4. The second-order valence-electron chi connectivity index (χ2n) is 5.18. The molecule has 2 aromatic heterocycles. The van der Waals surface area contributed by atoms with Crippen molar-refractivity contribution in [3.8, 4) is 0 Å². The number of aromatic nitrogens is 3. The van der Waals surface area contributed by atoms with E-state index in [1.54, 1.807) is 7.11 Å². The molecular formula is C15H24N4O. The van der Waals surface area contributed by atoms with Crippen molar-refractivity contribution in [1.82, 2.24) is 19.7 Å². The Morgan fingerprint density at radius 3 is 2.85 bits per heavy atom. The van der Waals surface area contributed by atoms with Gasteiger partial charge < -0.3 is 14.6 Å². The van der Waals surface area contributed by atoms with Gasteiger partial charge in [-0.25, -0.2) is 0 Å². The van der Waals surface area contributed by atoms with Gasteiger partial charge in [-0.3, -0.25) is 4.68 Å². The van der Waals surface area contributed by atoms with E-state index in [9.17, 15) is 0 Å².